The lowest BCUT2D eigenvalue weighted by Gasteiger charge is -2.48. The second-order valence-corrected chi connectivity index (χ2v) is 5.59. The van der Waals surface area contributed by atoms with Crippen molar-refractivity contribution in [1.29, 1.82) is 0 Å². The van der Waals surface area contributed by atoms with Gasteiger partial charge in [-0.15, -0.1) is 0 Å². The van der Waals surface area contributed by atoms with Crippen molar-refractivity contribution in [3.8, 4) is 0 Å². The van der Waals surface area contributed by atoms with Crippen LogP contribution in [0.2, 0.25) is 5.15 Å². The number of pyridine rings is 1. The van der Waals surface area contributed by atoms with E-state index in [-0.39, 0.29) is 5.15 Å². The van der Waals surface area contributed by atoms with Crippen LogP contribution in [0.4, 0.5) is 4.39 Å². The fraction of sp³-hybridized carbons (Fsp3) is 0.538. The lowest BCUT2D eigenvalue weighted by atomic mass is 9.74. The summed E-state index contributed by atoms with van der Waals surface area (Å²) in [5, 5.41) is 9.32. The number of rotatable bonds is 2. The summed E-state index contributed by atoms with van der Waals surface area (Å²) in [4.78, 5) is 17.5. The molecule has 1 saturated carbocycles. The minimum atomic E-state index is -0.774. The van der Waals surface area contributed by atoms with Gasteiger partial charge < -0.3 is 5.11 Å². The Balaban J connectivity index is 1.90. The number of carboxylic acid groups (broad SMARTS) is 1. The van der Waals surface area contributed by atoms with Gasteiger partial charge in [0.2, 0.25) is 0 Å². The van der Waals surface area contributed by atoms with Crippen molar-refractivity contribution >= 4 is 17.6 Å². The first-order valence-electron chi connectivity index (χ1n) is 6.35. The number of carbonyl (C=O) groups is 1. The van der Waals surface area contributed by atoms with Crippen LogP contribution in [-0.2, 0) is 17.8 Å². The maximum Gasteiger partial charge on any atom is 0.324 e. The Morgan fingerprint density at radius 1 is 1.53 bits per heavy atom. The number of halogens is 2. The van der Waals surface area contributed by atoms with Crippen LogP contribution in [0.25, 0.3) is 0 Å². The van der Waals surface area contributed by atoms with Crippen LogP contribution in [0.5, 0.6) is 0 Å². The van der Waals surface area contributed by atoms with Crippen molar-refractivity contribution in [3.05, 3.63) is 28.3 Å². The third-order valence-corrected chi connectivity index (χ3v) is 4.53. The topological polar surface area (TPSA) is 53.4 Å². The summed E-state index contributed by atoms with van der Waals surface area (Å²) < 4.78 is 13.5. The van der Waals surface area contributed by atoms with Gasteiger partial charge in [0.1, 0.15) is 5.54 Å². The van der Waals surface area contributed by atoms with Gasteiger partial charge in [0.05, 0.1) is 0 Å². The van der Waals surface area contributed by atoms with Crippen LogP contribution in [0.15, 0.2) is 6.07 Å². The van der Waals surface area contributed by atoms with Crippen molar-refractivity contribution in [3.63, 3.8) is 0 Å². The van der Waals surface area contributed by atoms with E-state index in [0.717, 1.165) is 17.7 Å². The second kappa shape index (κ2) is 4.42. The molecule has 102 valence electrons. The Labute approximate surface area is 115 Å². The number of nitrogens with zero attached hydrogens (tertiary/aromatic N) is 2. The molecule has 0 spiro atoms. The first-order chi connectivity index (χ1) is 9.03. The van der Waals surface area contributed by atoms with Gasteiger partial charge >= 0.3 is 5.97 Å². The van der Waals surface area contributed by atoms with E-state index in [1.165, 1.54) is 6.07 Å². The molecular weight excluding hydrogens is 271 g/mol. The monoisotopic (exact) mass is 284 g/mol. The highest BCUT2D eigenvalue weighted by atomic mass is 35.5. The van der Waals surface area contributed by atoms with E-state index < -0.39 is 17.3 Å². The van der Waals surface area contributed by atoms with Crippen LogP contribution in [0.1, 0.15) is 30.5 Å². The Kier molecular flexibility index (Phi) is 2.98. The molecule has 6 heteroatoms. The smallest absolute Gasteiger partial charge is 0.324 e. The van der Waals surface area contributed by atoms with E-state index in [9.17, 15) is 14.3 Å². The molecule has 1 aromatic rings. The van der Waals surface area contributed by atoms with Gasteiger partial charge in [0.25, 0.3) is 0 Å². The maximum atomic E-state index is 13.5. The van der Waals surface area contributed by atoms with Crippen molar-refractivity contribution in [2.75, 3.05) is 6.54 Å². The number of hydrogen-bond acceptors (Lipinski definition) is 3. The summed E-state index contributed by atoms with van der Waals surface area (Å²) in [7, 11) is 0. The average molecular weight is 285 g/mol. The van der Waals surface area contributed by atoms with Gasteiger partial charge in [0.15, 0.2) is 11.0 Å². The highest BCUT2D eigenvalue weighted by molar-refractivity contribution is 6.29. The molecule has 0 atom stereocenters. The van der Waals surface area contributed by atoms with Gasteiger partial charge in [0, 0.05) is 25.2 Å². The minimum absolute atomic E-state index is 0.108. The maximum absolute atomic E-state index is 13.5. The molecule has 2 aliphatic rings. The lowest BCUT2D eigenvalue weighted by molar-refractivity contribution is -0.159. The molecule has 1 aliphatic heterocycles. The number of hydrogen-bond donors (Lipinski definition) is 1. The molecule has 0 radical (unpaired) electrons. The molecular formula is C13H14ClFN2O2. The SMILES string of the molecule is O=C(O)C1(N2CCc3nc(Cl)c(F)cc3C2)CCC1. The van der Waals surface area contributed by atoms with Gasteiger partial charge in [-0.25, -0.2) is 9.37 Å². The van der Waals surface area contributed by atoms with E-state index in [2.05, 4.69) is 4.98 Å². The first kappa shape index (κ1) is 12.8. The van der Waals surface area contributed by atoms with E-state index in [4.69, 9.17) is 11.6 Å². The summed E-state index contributed by atoms with van der Waals surface area (Å²) >= 11 is 5.67. The fourth-order valence-electron chi connectivity index (χ4n) is 2.96. The van der Waals surface area contributed by atoms with Crippen LogP contribution in [0, 0.1) is 5.82 Å². The number of aromatic nitrogens is 1. The van der Waals surface area contributed by atoms with Gasteiger partial charge in [-0.1, -0.05) is 11.6 Å². The molecule has 1 aliphatic carbocycles. The van der Waals surface area contributed by atoms with Crippen LogP contribution >= 0.6 is 11.6 Å². The van der Waals surface area contributed by atoms with Crippen LogP contribution in [0.3, 0.4) is 0 Å². The molecule has 19 heavy (non-hydrogen) atoms. The molecule has 0 bridgehead atoms. The third kappa shape index (κ3) is 1.92. The molecule has 1 fully saturated rings. The normalized spacial score (nSPS) is 21.6. The Morgan fingerprint density at radius 2 is 2.26 bits per heavy atom. The summed E-state index contributed by atoms with van der Waals surface area (Å²) in [6.45, 7) is 1.07. The molecule has 4 nitrogen and oxygen atoms in total. The highest BCUT2D eigenvalue weighted by Crippen LogP contribution is 2.40. The van der Waals surface area contributed by atoms with Gasteiger partial charge in [-0.2, -0.15) is 0 Å². The van der Waals surface area contributed by atoms with E-state index >= 15 is 0 Å². The van der Waals surface area contributed by atoms with E-state index in [1.807, 2.05) is 4.90 Å². The average Bonchev–Trinajstić information content (AvgIpc) is 2.29. The Hall–Kier alpha value is -1.20. The van der Waals surface area contributed by atoms with Gasteiger partial charge in [-0.05, 0) is 30.9 Å². The van der Waals surface area contributed by atoms with Crippen molar-refractivity contribution < 1.29 is 14.3 Å². The molecule has 3 rings (SSSR count). The molecule has 0 unspecified atom stereocenters. The summed E-state index contributed by atoms with van der Waals surface area (Å²) in [6.07, 6.45) is 2.88. The number of aliphatic carboxylic acids is 1. The Bertz CT molecular complexity index is 546. The zero-order valence-corrected chi connectivity index (χ0v) is 11.1. The summed E-state index contributed by atoms with van der Waals surface area (Å²) in [5.74, 6) is -1.31. The summed E-state index contributed by atoms with van der Waals surface area (Å²) in [6, 6.07) is 1.38. The predicted molar refractivity (Wildman–Crippen MR) is 67.5 cm³/mol. The molecule has 1 aromatic heterocycles. The predicted octanol–water partition coefficient (Wildman–Crippen LogP) is 2.24. The fourth-order valence-corrected chi connectivity index (χ4v) is 3.12. The van der Waals surface area contributed by atoms with Crippen LogP contribution in [-0.4, -0.2) is 33.0 Å². The van der Waals surface area contributed by atoms with Gasteiger partial charge in [-0.3, -0.25) is 9.69 Å². The molecule has 1 N–H and O–H groups in total. The Morgan fingerprint density at radius 3 is 2.84 bits per heavy atom. The molecule has 2 heterocycles. The van der Waals surface area contributed by atoms with E-state index in [1.54, 1.807) is 0 Å². The third-order valence-electron chi connectivity index (χ3n) is 4.27. The zero-order chi connectivity index (χ0) is 13.6. The molecule has 0 saturated heterocycles. The van der Waals surface area contributed by atoms with Crippen molar-refractivity contribution in [1.82, 2.24) is 9.88 Å². The lowest BCUT2D eigenvalue weighted by Crippen LogP contribution is -2.60. The van der Waals surface area contributed by atoms with Crippen molar-refractivity contribution in [2.24, 2.45) is 0 Å². The second-order valence-electron chi connectivity index (χ2n) is 5.23. The highest BCUT2D eigenvalue weighted by Gasteiger charge is 2.49. The molecule has 0 amide bonds. The first-order valence-corrected chi connectivity index (χ1v) is 6.73. The van der Waals surface area contributed by atoms with E-state index in [0.29, 0.717) is 32.4 Å². The zero-order valence-electron chi connectivity index (χ0n) is 10.3. The quantitative estimate of drug-likeness (QED) is 0.846. The van der Waals surface area contributed by atoms with Crippen LogP contribution < -0.4 is 0 Å². The standard InChI is InChI=1S/C13H14ClFN2O2/c14-11-9(15)6-8-7-17(5-2-10(8)16-11)13(12(18)19)3-1-4-13/h6H,1-5,7H2,(H,18,19). The number of carboxylic acids is 1. The summed E-state index contributed by atoms with van der Waals surface area (Å²) in [5.41, 5.74) is 0.775. The molecule has 0 aromatic carbocycles. The largest absolute Gasteiger partial charge is 0.480 e. The van der Waals surface area contributed by atoms with Crippen molar-refractivity contribution in [2.45, 2.75) is 37.8 Å². The number of fused-ring (bicyclic) bond motifs is 1. The minimum Gasteiger partial charge on any atom is -0.480 e.